The van der Waals surface area contributed by atoms with Crippen LogP contribution in [0.5, 0.6) is 0 Å². The van der Waals surface area contributed by atoms with Gasteiger partial charge >= 0.3 is 0 Å². The summed E-state index contributed by atoms with van der Waals surface area (Å²) in [5.74, 6) is -0.390. The van der Waals surface area contributed by atoms with Gasteiger partial charge in [-0.3, -0.25) is 0 Å². The molecule has 0 fully saturated rings. The molecule has 0 radical (unpaired) electrons. The van der Waals surface area contributed by atoms with E-state index in [4.69, 9.17) is 11.6 Å². The van der Waals surface area contributed by atoms with E-state index >= 15 is 0 Å². The average Bonchev–Trinajstić information content (AvgIpc) is 2.35. The van der Waals surface area contributed by atoms with Crippen molar-refractivity contribution in [3.63, 3.8) is 0 Å². The Labute approximate surface area is 119 Å². The number of halogens is 3. The standard InChI is InChI=1S/C14H12BrClFN/c1-9(10-2-7-13(16)14(17)8-10)18-12-5-3-11(15)4-6-12/h2-9,18H,1H3. The van der Waals surface area contributed by atoms with Crippen LogP contribution in [-0.4, -0.2) is 0 Å². The van der Waals surface area contributed by atoms with Crippen molar-refractivity contribution >= 4 is 33.2 Å². The van der Waals surface area contributed by atoms with Crippen LogP contribution in [0.4, 0.5) is 10.1 Å². The summed E-state index contributed by atoms with van der Waals surface area (Å²) in [6.07, 6.45) is 0. The van der Waals surface area contributed by atoms with Gasteiger partial charge in [-0.1, -0.05) is 33.6 Å². The van der Waals surface area contributed by atoms with E-state index in [-0.39, 0.29) is 11.1 Å². The van der Waals surface area contributed by atoms with Gasteiger partial charge in [-0.05, 0) is 48.9 Å². The molecule has 0 saturated carbocycles. The average molecular weight is 329 g/mol. The van der Waals surface area contributed by atoms with Gasteiger partial charge in [0.1, 0.15) is 5.82 Å². The molecule has 0 aromatic heterocycles. The molecule has 2 rings (SSSR count). The maximum absolute atomic E-state index is 13.4. The van der Waals surface area contributed by atoms with Crippen LogP contribution < -0.4 is 5.32 Å². The van der Waals surface area contributed by atoms with E-state index < -0.39 is 5.82 Å². The Morgan fingerprint density at radius 2 is 1.83 bits per heavy atom. The summed E-state index contributed by atoms with van der Waals surface area (Å²) in [4.78, 5) is 0. The van der Waals surface area contributed by atoms with E-state index in [1.165, 1.54) is 6.07 Å². The van der Waals surface area contributed by atoms with Crippen molar-refractivity contribution in [2.75, 3.05) is 5.32 Å². The van der Waals surface area contributed by atoms with Gasteiger partial charge in [0.05, 0.1) is 5.02 Å². The highest BCUT2D eigenvalue weighted by Gasteiger charge is 2.08. The van der Waals surface area contributed by atoms with Crippen LogP contribution in [0.25, 0.3) is 0 Å². The Kier molecular flexibility index (Phi) is 4.25. The SMILES string of the molecule is CC(Nc1ccc(Br)cc1)c1ccc(Cl)c(F)c1. The van der Waals surface area contributed by atoms with Gasteiger partial charge in [-0.25, -0.2) is 4.39 Å². The number of nitrogens with one attached hydrogen (secondary N) is 1. The molecular formula is C14H12BrClFN. The zero-order chi connectivity index (χ0) is 13.1. The lowest BCUT2D eigenvalue weighted by Crippen LogP contribution is -2.06. The van der Waals surface area contributed by atoms with Crippen LogP contribution in [0.2, 0.25) is 5.02 Å². The summed E-state index contributed by atoms with van der Waals surface area (Å²) in [6.45, 7) is 1.98. The summed E-state index contributed by atoms with van der Waals surface area (Å²) in [5, 5.41) is 3.45. The summed E-state index contributed by atoms with van der Waals surface area (Å²) < 4.78 is 14.4. The minimum Gasteiger partial charge on any atom is -0.379 e. The third-order valence-corrected chi connectivity index (χ3v) is 3.51. The highest BCUT2D eigenvalue weighted by molar-refractivity contribution is 9.10. The Bertz CT molecular complexity index is 542. The minimum absolute atomic E-state index is 0.0120. The fourth-order valence-electron chi connectivity index (χ4n) is 1.66. The second-order valence-corrected chi connectivity index (χ2v) is 5.37. The topological polar surface area (TPSA) is 12.0 Å². The van der Waals surface area contributed by atoms with Crippen LogP contribution in [-0.2, 0) is 0 Å². The number of hydrogen-bond acceptors (Lipinski definition) is 1. The minimum atomic E-state index is -0.390. The van der Waals surface area contributed by atoms with Crippen molar-refractivity contribution < 1.29 is 4.39 Å². The van der Waals surface area contributed by atoms with Gasteiger partial charge in [0.15, 0.2) is 0 Å². The van der Waals surface area contributed by atoms with E-state index in [9.17, 15) is 4.39 Å². The molecule has 0 heterocycles. The molecule has 1 nitrogen and oxygen atoms in total. The Morgan fingerprint density at radius 3 is 2.44 bits per heavy atom. The van der Waals surface area contributed by atoms with Crippen molar-refractivity contribution in [2.24, 2.45) is 0 Å². The predicted molar refractivity (Wildman–Crippen MR) is 77.6 cm³/mol. The summed E-state index contributed by atoms with van der Waals surface area (Å²) in [6, 6.07) is 12.7. The third kappa shape index (κ3) is 3.24. The lowest BCUT2D eigenvalue weighted by Gasteiger charge is -2.16. The van der Waals surface area contributed by atoms with Crippen molar-refractivity contribution in [1.29, 1.82) is 0 Å². The monoisotopic (exact) mass is 327 g/mol. The molecule has 0 bridgehead atoms. The molecule has 4 heteroatoms. The van der Waals surface area contributed by atoms with Crippen molar-refractivity contribution in [3.8, 4) is 0 Å². The van der Waals surface area contributed by atoms with Crippen LogP contribution in [0, 0.1) is 5.82 Å². The fourth-order valence-corrected chi connectivity index (χ4v) is 2.04. The summed E-state index contributed by atoms with van der Waals surface area (Å²) in [5.41, 5.74) is 1.85. The van der Waals surface area contributed by atoms with Gasteiger partial charge in [-0.15, -0.1) is 0 Å². The van der Waals surface area contributed by atoms with E-state index in [0.717, 1.165) is 15.7 Å². The first-order chi connectivity index (χ1) is 8.56. The van der Waals surface area contributed by atoms with Crippen LogP contribution in [0.1, 0.15) is 18.5 Å². The number of hydrogen-bond donors (Lipinski definition) is 1. The summed E-state index contributed by atoms with van der Waals surface area (Å²) >= 11 is 9.04. The fraction of sp³-hybridized carbons (Fsp3) is 0.143. The molecule has 2 aromatic rings. The normalized spacial score (nSPS) is 12.2. The first-order valence-corrected chi connectivity index (χ1v) is 6.70. The number of rotatable bonds is 3. The van der Waals surface area contributed by atoms with Gasteiger partial charge < -0.3 is 5.32 Å². The molecule has 0 aliphatic carbocycles. The maximum atomic E-state index is 13.4. The van der Waals surface area contributed by atoms with Gasteiger partial charge in [0.2, 0.25) is 0 Å². The van der Waals surface area contributed by atoms with E-state index in [1.807, 2.05) is 37.3 Å². The first-order valence-electron chi connectivity index (χ1n) is 5.53. The number of benzene rings is 2. The van der Waals surface area contributed by atoms with Crippen molar-refractivity contribution in [1.82, 2.24) is 0 Å². The molecule has 18 heavy (non-hydrogen) atoms. The largest absolute Gasteiger partial charge is 0.379 e. The number of anilines is 1. The molecule has 1 atom stereocenters. The second kappa shape index (κ2) is 5.72. The first kappa shape index (κ1) is 13.4. The highest BCUT2D eigenvalue weighted by atomic mass is 79.9. The molecule has 0 saturated heterocycles. The predicted octanol–water partition coefficient (Wildman–Crippen LogP) is 5.41. The second-order valence-electron chi connectivity index (χ2n) is 4.05. The van der Waals surface area contributed by atoms with E-state index in [0.29, 0.717) is 0 Å². The zero-order valence-electron chi connectivity index (χ0n) is 9.75. The molecular weight excluding hydrogens is 317 g/mol. The van der Waals surface area contributed by atoms with E-state index in [1.54, 1.807) is 6.07 Å². The van der Waals surface area contributed by atoms with Crippen LogP contribution in [0.3, 0.4) is 0 Å². The smallest absolute Gasteiger partial charge is 0.142 e. The Hall–Kier alpha value is -1.06. The third-order valence-electron chi connectivity index (χ3n) is 2.67. The lowest BCUT2D eigenvalue weighted by atomic mass is 10.1. The van der Waals surface area contributed by atoms with Crippen molar-refractivity contribution in [3.05, 3.63) is 63.3 Å². The van der Waals surface area contributed by atoms with E-state index in [2.05, 4.69) is 21.2 Å². The molecule has 94 valence electrons. The molecule has 0 spiro atoms. The Balaban J connectivity index is 2.13. The van der Waals surface area contributed by atoms with Gasteiger partial charge in [0.25, 0.3) is 0 Å². The molecule has 2 aromatic carbocycles. The maximum Gasteiger partial charge on any atom is 0.142 e. The van der Waals surface area contributed by atoms with Gasteiger partial charge in [0, 0.05) is 16.2 Å². The molecule has 0 aliphatic rings. The molecule has 1 unspecified atom stereocenters. The highest BCUT2D eigenvalue weighted by Crippen LogP contribution is 2.24. The zero-order valence-corrected chi connectivity index (χ0v) is 12.1. The van der Waals surface area contributed by atoms with Crippen molar-refractivity contribution in [2.45, 2.75) is 13.0 Å². The molecule has 1 N–H and O–H groups in total. The quantitative estimate of drug-likeness (QED) is 0.794. The molecule has 0 amide bonds. The lowest BCUT2D eigenvalue weighted by molar-refractivity contribution is 0.624. The Morgan fingerprint density at radius 1 is 1.17 bits per heavy atom. The van der Waals surface area contributed by atoms with Crippen LogP contribution in [0.15, 0.2) is 46.9 Å². The van der Waals surface area contributed by atoms with Crippen LogP contribution >= 0.6 is 27.5 Å². The van der Waals surface area contributed by atoms with Gasteiger partial charge in [-0.2, -0.15) is 0 Å². The molecule has 0 aliphatic heterocycles. The summed E-state index contributed by atoms with van der Waals surface area (Å²) in [7, 11) is 0.